The fraction of sp³-hybridized carbons (Fsp3) is 0.529. The molecule has 1 rings (SSSR count). The summed E-state index contributed by atoms with van der Waals surface area (Å²) < 4.78 is 20.5. The van der Waals surface area contributed by atoms with Crippen LogP contribution in [0.3, 0.4) is 0 Å². The molecule has 7 nitrogen and oxygen atoms in total. The zero-order valence-electron chi connectivity index (χ0n) is 15.0. The number of amides is 1. The van der Waals surface area contributed by atoms with Crippen molar-refractivity contribution in [3.63, 3.8) is 0 Å². The standard InChI is InChI=1S/C17H25NO6/c1-7-10(2)14(17(20)24-6)18-16(19)11-8-12(21-3)15(23-5)13(9-11)22-4/h8-10,14H,7H2,1-6H3,(H,18,19). The van der Waals surface area contributed by atoms with Crippen LogP contribution in [0.5, 0.6) is 17.2 Å². The average Bonchev–Trinajstić information content (AvgIpc) is 2.62. The third kappa shape index (κ3) is 4.31. The zero-order chi connectivity index (χ0) is 18.3. The number of benzene rings is 1. The minimum atomic E-state index is -0.730. The van der Waals surface area contributed by atoms with Crippen molar-refractivity contribution >= 4 is 11.9 Å². The van der Waals surface area contributed by atoms with E-state index in [1.165, 1.54) is 40.6 Å². The quantitative estimate of drug-likeness (QED) is 0.730. The Morgan fingerprint density at radius 1 is 1.04 bits per heavy atom. The molecule has 1 aromatic rings. The molecular weight excluding hydrogens is 314 g/mol. The van der Waals surface area contributed by atoms with Gasteiger partial charge in [-0.2, -0.15) is 0 Å². The van der Waals surface area contributed by atoms with Crippen LogP contribution < -0.4 is 19.5 Å². The van der Waals surface area contributed by atoms with E-state index in [9.17, 15) is 9.59 Å². The summed E-state index contributed by atoms with van der Waals surface area (Å²) in [6.45, 7) is 3.81. The number of carbonyl (C=O) groups excluding carboxylic acids is 2. The number of ether oxygens (including phenoxy) is 4. The van der Waals surface area contributed by atoms with Crippen LogP contribution in [-0.2, 0) is 9.53 Å². The van der Waals surface area contributed by atoms with E-state index in [0.29, 0.717) is 22.8 Å². The number of esters is 1. The Balaban J connectivity index is 3.15. The Morgan fingerprint density at radius 2 is 1.58 bits per heavy atom. The molecule has 0 saturated heterocycles. The van der Waals surface area contributed by atoms with Crippen molar-refractivity contribution in [3.8, 4) is 17.2 Å². The second kappa shape index (κ2) is 9.00. The lowest BCUT2D eigenvalue weighted by atomic mass is 9.98. The maximum Gasteiger partial charge on any atom is 0.328 e. The average molecular weight is 339 g/mol. The van der Waals surface area contributed by atoms with E-state index in [2.05, 4.69) is 5.32 Å². The molecule has 0 radical (unpaired) electrons. The summed E-state index contributed by atoms with van der Waals surface area (Å²) in [7, 11) is 5.71. The Bertz CT molecular complexity index is 561. The van der Waals surface area contributed by atoms with Crippen LogP contribution in [0.1, 0.15) is 30.6 Å². The van der Waals surface area contributed by atoms with Gasteiger partial charge in [-0.1, -0.05) is 20.3 Å². The highest BCUT2D eigenvalue weighted by molar-refractivity contribution is 5.98. The molecule has 7 heteroatoms. The Morgan fingerprint density at radius 3 is 1.96 bits per heavy atom. The van der Waals surface area contributed by atoms with Crippen molar-refractivity contribution in [1.29, 1.82) is 0 Å². The lowest BCUT2D eigenvalue weighted by Crippen LogP contribution is -2.45. The molecule has 1 N–H and O–H groups in total. The molecule has 0 aromatic heterocycles. The second-order valence-corrected chi connectivity index (χ2v) is 5.27. The first-order valence-electron chi connectivity index (χ1n) is 7.62. The highest BCUT2D eigenvalue weighted by Crippen LogP contribution is 2.38. The molecular formula is C17H25NO6. The predicted molar refractivity (Wildman–Crippen MR) is 88.8 cm³/mol. The van der Waals surface area contributed by atoms with Gasteiger partial charge in [0, 0.05) is 5.56 Å². The normalized spacial score (nSPS) is 12.8. The molecule has 134 valence electrons. The molecule has 0 aliphatic rings. The molecule has 0 bridgehead atoms. The van der Waals surface area contributed by atoms with Crippen molar-refractivity contribution in [1.82, 2.24) is 5.32 Å². The third-order valence-corrected chi connectivity index (χ3v) is 3.88. The van der Waals surface area contributed by atoms with Crippen LogP contribution in [0, 0.1) is 5.92 Å². The van der Waals surface area contributed by atoms with E-state index in [-0.39, 0.29) is 5.92 Å². The molecule has 0 aliphatic heterocycles. The van der Waals surface area contributed by atoms with Gasteiger partial charge in [0.05, 0.1) is 28.4 Å². The van der Waals surface area contributed by atoms with Crippen LogP contribution in [0.15, 0.2) is 12.1 Å². The monoisotopic (exact) mass is 339 g/mol. The highest BCUT2D eigenvalue weighted by Gasteiger charge is 2.28. The number of rotatable bonds is 8. The minimum Gasteiger partial charge on any atom is -0.493 e. The van der Waals surface area contributed by atoms with Gasteiger partial charge in [-0.25, -0.2) is 4.79 Å². The van der Waals surface area contributed by atoms with E-state index in [1.54, 1.807) is 0 Å². The highest BCUT2D eigenvalue weighted by atomic mass is 16.5. The number of nitrogens with one attached hydrogen (secondary N) is 1. The van der Waals surface area contributed by atoms with Crippen molar-refractivity contribution in [2.75, 3.05) is 28.4 Å². The number of methoxy groups -OCH3 is 4. The number of hydrogen-bond acceptors (Lipinski definition) is 6. The van der Waals surface area contributed by atoms with Crippen molar-refractivity contribution in [3.05, 3.63) is 17.7 Å². The van der Waals surface area contributed by atoms with Gasteiger partial charge in [0.1, 0.15) is 6.04 Å². The maximum absolute atomic E-state index is 12.6. The lowest BCUT2D eigenvalue weighted by Gasteiger charge is -2.22. The Kier molecular flexibility index (Phi) is 7.35. The van der Waals surface area contributed by atoms with Crippen LogP contribution >= 0.6 is 0 Å². The molecule has 0 saturated carbocycles. The first-order valence-corrected chi connectivity index (χ1v) is 7.62. The Hall–Kier alpha value is -2.44. The van der Waals surface area contributed by atoms with Gasteiger partial charge >= 0.3 is 5.97 Å². The third-order valence-electron chi connectivity index (χ3n) is 3.88. The minimum absolute atomic E-state index is 0.0663. The molecule has 1 amide bonds. The SMILES string of the molecule is CCC(C)C(NC(=O)c1cc(OC)c(OC)c(OC)c1)C(=O)OC. The Labute approximate surface area is 142 Å². The molecule has 1 aromatic carbocycles. The van der Waals surface area contributed by atoms with Crippen LogP contribution in [0.4, 0.5) is 0 Å². The van der Waals surface area contributed by atoms with E-state index < -0.39 is 17.9 Å². The molecule has 24 heavy (non-hydrogen) atoms. The predicted octanol–water partition coefficient (Wildman–Crippen LogP) is 2.03. The van der Waals surface area contributed by atoms with Crippen molar-refractivity contribution < 1.29 is 28.5 Å². The summed E-state index contributed by atoms with van der Waals surface area (Å²) >= 11 is 0. The maximum atomic E-state index is 12.6. The van der Waals surface area contributed by atoms with Gasteiger partial charge in [0.15, 0.2) is 11.5 Å². The summed E-state index contributed by atoms with van der Waals surface area (Å²) in [5, 5.41) is 2.71. The molecule has 0 fully saturated rings. The van der Waals surface area contributed by atoms with Gasteiger partial charge in [-0.15, -0.1) is 0 Å². The first kappa shape index (κ1) is 19.6. The molecule has 2 unspecified atom stereocenters. The number of hydrogen-bond donors (Lipinski definition) is 1. The van der Waals surface area contributed by atoms with Gasteiger partial charge in [-0.3, -0.25) is 4.79 Å². The zero-order valence-corrected chi connectivity index (χ0v) is 15.0. The summed E-state index contributed by atoms with van der Waals surface area (Å²) in [5.74, 6) is 0.141. The second-order valence-electron chi connectivity index (χ2n) is 5.27. The van der Waals surface area contributed by atoms with E-state index >= 15 is 0 Å². The van der Waals surface area contributed by atoms with E-state index in [1.807, 2.05) is 13.8 Å². The van der Waals surface area contributed by atoms with Gasteiger partial charge in [-0.05, 0) is 18.1 Å². The fourth-order valence-corrected chi connectivity index (χ4v) is 2.23. The number of carbonyl (C=O) groups is 2. The molecule has 0 spiro atoms. The van der Waals surface area contributed by atoms with Gasteiger partial charge < -0.3 is 24.3 Å². The van der Waals surface area contributed by atoms with Crippen LogP contribution in [-0.4, -0.2) is 46.4 Å². The summed E-state index contributed by atoms with van der Waals surface area (Å²) in [5.41, 5.74) is 0.293. The first-order chi connectivity index (χ1) is 11.4. The largest absolute Gasteiger partial charge is 0.493 e. The van der Waals surface area contributed by atoms with Crippen molar-refractivity contribution in [2.45, 2.75) is 26.3 Å². The summed E-state index contributed by atoms with van der Waals surface area (Å²) in [4.78, 5) is 24.5. The smallest absolute Gasteiger partial charge is 0.328 e. The van der Waals surface area contributed by atoms with E-state index in [0.717, 1.165) is 6.42 Å². The molecule has 0 heterocycles. The van der Waals surface area contributed by atoms with Gasteiger partial charge in [0.25, 0.3) is 5.91 Å². The fourth-order valence-electron chi connectivity index (χ4n) is 2.23. The molecule has 2 atom stereocenters. The van der Waals surface area contributed by atoms with Gasteiger partial charge in [0.2, 0.25) is 5.75 Å². The lowest BCUT2D eigenvalue weighted by molar-refractivity contribution is -0.144. The van der Waals surface area contributed by atoms with Crippen LogP contribution in [0.2, 0.25) is 0 Å². The van der Waals surface area contributed by atoms with Crippen molar-refractivity contribution in [2.24, 2.45) is 5.92 Å². The van der Waals surface area contributed by atoms with E-state index in [4.69, 9.17) is 18.9 Å². The molecule has 0 aliphatic carbocycles. The topological polar surface area (TPSA) is 83.1 Å². The summed E-state index contributed by atoms with van der Waals surface area (Å²) in [6, 6.07) is 2.33. The van der Waals surface area contributed by atoms with Crippen LogP contribution in [0.25, 0.3) is 0 Å². The summed E-state index contributed by atoms with van der Waals surface area (Å²) in [6.07, 6.45) is 0.718.